The van der Waals surface area contributed by atoms with Crippen LogP contribution in [0.15, 0.2) is 204 Å². The van der Waals surface area contributed by atoms with Gasteiger partial charge in [-0.1, -0.05) is 140 Å². The highest BCUT2D eigenvalue weighted by Crippen LogP contribution is 2.49. The summed E-state index contributed by atoms with van der Waals surface area (Å²) in [6.45, 7) is 0. The quantitative estimate of drug-likeness (QED) is 0.172. The van der Waals surface area contributed by atoms with Crippen molar-refractivity contribution >= 4 is 65.9 Å². The molecule has 3 heteroatoms. The van der Waals surface area contributed by atoms with Crippen LogP contribution in [0, 0.1) is 0 Å². The van der Waals surface area contributed by atoms with Crippen LogP contribution in [-0.2, 0) is 0 Å². The molecule has 0 radical (unpaired) electrons. The first-order valence-corrected chi connectivity index (χ1v) is 19.1. The van der Waals surface area contributed by atoms with E-state index in [0.29, 0.717) is 0 Å². The van der Waals surface area contributed by atoms with E-state index in [1.807, 2.05) is 0 Å². The smallest absolute Gasteiger partial charge is 0.138 e. The molecular weight excluding hydrogens is 669 g/mol. The Kier molecular flexibility index (Phi) is 7.31. The van der Waals surface area contributed by atoms with E-state index in [0.717, 1.165) is 62.9 Å². The van der Waals surface area contributed by atoms with E-state index in [9.17, 15) is 0 Å². The summed E-state index contributed by atoms with van der Waals surface area (Å²) in [6, 6.07) is 63.4. The predicted octanol–water partition coefficient (Wildman–Crippen LogP) is 14.5. The normalized spacial score (nSPS) is 13.0. The zero-order chi connectivity index (χ0) is 36.3. The van der Waals surface area contributed by atoms with Crippen molar-refractivity contribution in [3.05, 3.63) is 200 Å². The van der Waals surface area contributed by atoms with Crippen LogP contribution in [0.3, 0.4) is 0 Å². The van der Waals surface area contributed by atoms with Gasteiger partial charge >= 0.3 is 0 Å². The van der Waals surface area contributed by atoms with E-state index >= 15 is 0 Å². The Labute approximate surface area is 319 Å². The molecule has 0 atom stereocenters. The van der Waals surface area contributed by atoms with Crippen molar-refractivity contribution in [2.45, 2.75) is 12.8 Å². The highest BCUT2D eigenvalue weighted by atomic mass is 16.3. The molecule has 0 bridgehead atoms. The average Bonchev–Trinajstić information content (AvgIpc) is 3.80. The molecule has 0 saturated carbocycles. The number of aromatic nitrogens is 1. The second-order valence-electron chi connectivity index (χ2n) is 14.3. The number of hydrogen-bond donors (Lipinski definition) is 0. The molecule has 2 heterocycles. The van der Waals surface area contributed by atoms with E-state index in [1.54, 1.807) is 0 Å². The molecule has 0 fully saturated rings. The number of para-hydroxylation sites is 4. The highest BCUT2D eigenvalue weighted by Gasteiger charge is 2.25. The van der Waals surface area contributed by atoms with Gasteiger partial charge in [-0.05, 0) is 83.3 Å². The second-order valence-corrected chi connectivity index (χ2v) is 14.3. The Bertz CT molecular complexity index is 3120. The Morgan fingerprint density at radius 3 is 2.00 bits per heavy atom. The molecule has 0 aliphatic heterocycles. The van der Waals surface area contributed by atoms with E-state index < -0.39 is 0 Å². The molecule has 0 saturated heterocycles. The average molecular weight is 705 g/mol. The summed E-state index contributed by atoms with van der Waals surface area (Å²) < 4.78 is 9.18. The van der Waals surface area contributed by atoms with Gasteiger partial charge in [0.2, 0.25) is 0 Å². The van der Waals surface area contributed by atoms with E-state index in [2.05, 4.69) is 204 Å². The lowest BCUT2D eigenvalue weighted by Gasteiger charge is -2.27. The van der Waals surface area contributed by atoms with Crippen LogP contribution in [0.1, 0.15) is 12.8 Å². The highest BCUT2D eigenvalue weighted by molar-refractivity contribution is 6.29. The van der Waals surface area contributed by atoms with Gasteiger partial charge in [-0.25, -0.2) is 0 Å². The second kappa shape index (κ2) is 12.8. The number of rotatable bonds is 6. The zero-order valence-electron chi connectivity index (χ0n) is 30.2. The minimum atomic E-state index is 0.884. The molecule has 8 aromatic carbocycles. The third kappa shape index (κ3) is 5.04. The number of fused-ring (bicyclic) bond motifs is 7. The standard InChI is InChI=1S/C52H36N2O/c1-4-18-37(19-5-1)53(38-20-6-2-7-21-38)40-32-30-36(31-33-40)42-26-15-28-45-49-46(54(52(42)45)39-22-8-3-9-23-39)34-48-50(44-25-12-13-29-47(44)55-48)51(49)43-27-14-17-35-16-10-11-24-41(35)43/h1,3-6,8-34H,2,7H2. The van der Waals surface area contributed by atoms with Gasteiger partial charge in [-0.2, -0.15) is 0 Å². The fourth-order valence-corrected chi connectivity index (χ4v) is 8.80. The first-order chi connectivity index (χ1) is 27.3. The van der Waals surface area contributed by atoms with Crippen LogP contribution in [-0.4, -0.2) is 4.57 Å². The molecule has 3 nitrogen and oxygen atoms in total. The van der Waals surface area contributed by atoms with Crippen molar-refractivity contribution in [1.82, 2.24) is 4.57 Å². The van der Waals surface area contributed by atoms with Gasteiger partial charge in [0.15, 0.2) is 0 Å². The van der Waals surface area contributed by atoms with Crippen molar-refractivity contribution in [3.63, 3.8) is 0 Å². The molecule has 11 rings (SSSR count). The number of benzene rings is 8. The minimum Gasteiger partial charge on any atom is -0.456 e. The maximum absolute atomic E-state index is 6.73. The Morgan fingerprint density at radius 2 is 1.18 bits per heavy atom. The first kappa shape index (κ1) is 31.4. The summed E-state index contributed by atoms with van der Waals surface area (Å²) in [4.78, 5) is 2.36. The van der Waals surface area contributed by atoms with Gasteiger partial charge in [-0.15, -0.1) is 0 Å². The van der Waals surface area contributed by atoms with Gasteiger partial charge in [0.1, 0.15) is 11.2 Å². The lowest BCUT2D eigenvalue weighted by atomic mass is 9.90. The van der Waals surface area contributed by atoms with Crippen LogP contribution in [0.25, 0.3) is 82.5 Å². The number of allylic oxidation sites excluding steroid dienone is 3. The third-order valence-electron chi connectivity index (χ3n) is 11.2. The molecule has 1 aliphatic carbocycles. The topological polar surface area (TPSA) is 21.3 Å². The Morgan fingerprint density at radius 1 is 0.509 bits per heavy atom. The van der Waals surface area contributed by atoms with Crippen molar-refractivity contribution in [2.75, 3.05) is 4.90 Å². The summed E-state index contributed by atoms with van der Waals surface area (Å²) in [6.07, 6.45) is 8.98. The van der Waals surface area contributed by atoms with Gasteiger partial charge < -0.3 is 13.9 Å². The summed E-state index contributed by atoms with van der Waals surface area (Å²) in [5.74, 6) is 0. The summed E-state index contributed by atoms with van der Waals surface area (Å²) >= 11 is 0. The van der Waals surface area contributed by atoms with Crippen molar-refractivity contribution in [2.24, 2.45) is 0 Å². The monoisotopic (exact) mass is 704 g/mol. The fraction of sp³-hybridized carbons (Fsp3) is 0.0385. The van der Waals surface area contributed by atoms with Crippen LogP contribution in [0.2, 0.25) is 0 Å². The fourth-order valence-electron chi connectivity index (χ4n) is 8.80. The molecule has 260 valence electrons. The number of anilines is 2. The van der Waals surface area contributed by atoms with Crippen LogP contribution in [0.5, 0.6) is 0 Å². The zero-order valence-corrected chi connectivity index (χ0v) is 30.2. The third-order valence-corrected chi connectivity index (χ3v) is 11.2. The largest absolute Gasteiger partial charge is 0.456 e. The summed E-state index contributed by atoms with van der Waals surface area (Å²) in [5, 5.41) is 7.14. The van der Waals surface area contributed by atoms with Crippen molar-refractivity contribution < 1.29 is 4.42 Å². The van der Waals surface area contributed by atoms with E-state index in [4.69, 9.17) is 4.42 Å². The number of hydrogen-bond acceptors (Lipinski definition) is 2. The lowest BCUT2D eigenvalue weighted by Crippen LogP contribution is -2.16. The molecule has 1 aliphatic rings. The lowest BCUT2D eigenvalue weighted by molar-refractivity contribution is 0.669. The van der Waals surface area contributed by atoms with Gasteiger partial charge in [0, 0.05) is 61.5 Å². The molecular formula is C52H36N2O. The minimum absolute atomic E-state index is 0.884. The molecule has 0 amide bonds. The molecule has 2 aromatic heterocycles. The SMILES string of the molecule is C1=CC(N(c2ccccc2)c2ccc(-c3cccc4c5c(-c6cccc7ccccc67)c6c(cc5n(-c5ccccc5)c34)oc3ccccc36)cc2)=CCC1. The van der Waals surface area contributed by atoms with Crippen LogP contribution in [0.4, 0.5) is 11.4 Å². The number of furan rings is 1. The predicted molar refractivity (Wildman–Crippen MR) is 231 cm³/mol. The number of nitrogens with zero attached hydrogens (tertiary/aromatic N) is 2. The molecule has 10 aromatic rings. The van der Waals surface area contributed by atoms with Crippen LogP contribution < -0.4 is 4.90 Å². The van der Waals surface area contributed by atoms with Gasteiger partial charge in [-0.3, -0.25) is 0 Å². The maximum Gasteiger partial charge on any atom is 0.138 e. The van der Waals surface area contributed by atoms with E-state index in [1.165, 1.54) is 49.4 Å². The Hall–Kier alpha value is -7.10. The van der Waals surface area contributed by atoms with Crippen molar-refractivity contribution in [1.29, 1.82) is 0 Å². The van der Waals surface area contributed by atoms with E-state index in [-0.39, 0.29) is 0 Å². The van der Waals surface area contributed by atoms with Crippen LogP contribution >= 0.6 is 0 Å². The summed E-state index contributed by atoms with van der Waals surface area (Å²) in [5.41, 5.74) is 13.4. The maximum atomic E-state index is 6.73. The van der Waals surface area contributed by atoms with Crippen molar-refractivity contribution in [3.8, 4) is 27.9 Å². The molecule has 0 unspecified atom stereocenters. The molecule has 55 heavy (non-hydrogen) atoms. The Balaban J connectivity index is 1.22. The summed E-state index contributed by atoms with van der Waals surface area (Å²) in [7, 11) is 0. The van der Waals surface area contributed by atoms with Gasteiger partial charge in [0.25, 0.3) is 0 Å². The van der Waals surface area contributed by atoms with Gasteiger partial charge in [0.05, 0.1) is 11.0 Å². The first-order valence-electron chi connectivity index (χ1n) is 19.1. The molecule has 0 N–H and O–H groups in total. The molecule has 0 spiro atoms.